The van der Waals surface area contributed by atoms with Crippen molar-refractivity contribution in [3.8, 4) is 0 Å². The maximum absolute atomic E-state index is 14.0. The van der Waals surface area contributed by atoms with Crippen LogP contribution in [0.4, 0.5) is 11.4 Å². The Labute approximate surface area is 228 Å². The molecule has 1 aliphatic rings. The van der Waals surface area contributed by atoms with Gasteiger partial charge in [-0.25, -0.2) is 0 Å². The van der Waals surface area contributed by atoms with Gasteiger partial charge in [-0.3, -0.25) is 24.4 Å². The fourth-order valence-electron chi connectivity index (χ4n) is 4.34. The largest absolute Gasteiger partial charge is 0.395 e. The molecule has 1 aliphatic heterocycles. The molecule has 8 nitrogen and oxygen atoms in total. The molecule has 0 bridgehead atoms. The second-order valence-electron chi connectivity index (χ2n) is 9.66. The molecule has 0 saturated carbocycles. The van der Waals surface area contributed by atoms with Gasteiger partial charge in [0.25, 0.3) is 5.91 Å². The molecule has 0 saturated heterocycles. The van der Waals surface area contributed by atoms with Gasteiger partial charge < -0.3 is 15.3 Å². The van der Waals surface area contributed by atoms with E-state index >= 15 is 0 Å². The van der Waals surface area contributed by atoms with Crippen LogP contribution in [-0.2, 0) is 20.8 Å². The first-order valence-corrected chi connectivity index (χ1v) is 12.9. The van der Waals surface area contributed by atoms with Crippen LogP contribution in [0.25, 0.3) is 0 Å². The molecule has 8 heteroatoms. The zero-order valence-electron chi connectivity index (χ0n) is 22.1. The third kappa shape index (κ3) is 6.02. The summed E-state index contributed by atoms with van der Waals surface area (Å²) in [6.45, 7) is 6.52. The second kappa shape index (κ2) is 12.0. The number of benzene rings is 2. The summed E-state index contributed by atoms with van der Waals surface area (Å²) in [5, 5.41) is 12.7. The lowest BCUT2D eigenvalue weighted by atomic mass is 9.86. The number of anilines is 2. The van der Waals surface area contributed by atoms with Gasteiger partial charge in [-0.15, -0.1) is 6.58 Å². The van der Waals surface area contributed by atoms with E-state index in [1.165, 1.54) is 11.0 Å². The number of carbonyl (C=O) groups is 3. The summed E-state index contributed by atoms with van der Waals surface area (Å²) < 4.78 is 0. The van der Waals surface area contributed by atoms with Crippen LogP contribution in [-0.4, -0.2) is 52.6 Å². The average Bonchev–Trinajstić information content (AvgIpc) is 3.08. The smallest absolute Gasteiger partial charge is 0.252 e. The number of ketones is 1. The molecule has 2 atom stereocenters. The van der Waals surface area contributed by atoms with Gasteiger partial charge in [-0.1, -0.05) is 49.4 Å². The fraction of sp³-hybridized carbons (Fsp3) is 0.258. The summed E-state index contributed by atoms with van der Waals surface area (Å²) in [5.41, 5.74) is 2.55. The Morgan fingerprint density at radius 2 is 1.90 bits per heavy atom. The van der Waals surface area contributed by atoms with Crippen LogP contribution in [0, 0.1) is 5.41 Å². The minimum Gasteiger partial charge on any atom is -0.395 e. The second-order valence-corrected chi connectivity index (χ2v) is 9.66. The highest BCUT2D eigenvalue weighted by molar-refractivity contribution is 6.20. The number of hydrogen-bond donors (Lipinski definition) is 2. The Bertz CT molecular complexity index is 1420. The summed E-state index contributed by atoms with van der Waals surface area (Å²) in [4.78, 5) is 51.0. The Hall–Kier alpha value is -4.43. The number of carbonyl (C=O) groups excluding carboxylic acids is 3. The van der Waals surface area contributed by atoms with Gasteiger partial charge in [-0.2, -0.15) is 0 Å². The number of aliphatic imine (C=N–C) groups is 1. The molecule has 0 aliphatic carbocycles. The van der Waals surface area contributed by atoms with Gasteiger partial charge in [0.05, 0.1) is 42.1 Å². The molecule has 0 fully saturated rings. The minimum atomic E-state index is -1.23. The first kappa shape index (κ1) is 27.6. The number of aliphatic hydroxyl groups is 1. The predicted octanol–water partition coefficient (Wildman–Crippen LogP) is 3.98. The average molecular weight is 525 g/mol. The molecule has 200 valence electrons. The molecule has 2 heterocycles. The summed E-state index contributed by atoms with van der Waals surface area (Å²) in [6, 6.07) is 18.9. The molecule has 2 unspecified atom stereocenters. The molecule has 2 N–H and O–H groups in total. The maximum Gasteiger partial charge on any atom is 0.252 e. The van der Waals surface area contributed by atoms with E-state index in [4.69, 9.17) is 4.99 Å². The fourth-order valence-corrected chi connectivity index (χ4v) is 4.34. The van der Waals surface area contributed by atoms with Crippen molar-refractivity contribution in [1.29, 1.82) is 0 Å². The van der Waals surface area contributed by atoms with E-state index in [0.717, 1.165) is 12.0 Å². The third-order valence-corrected chi connectivity index (χ3v) is 6.91. The van der Waals surface area contributed by atoms with E-state index < -0.39 is 24.0 Å². The minimum absolute atomic E-state index is 0.233. The number of Topliss-reactive ketones (excluding diaryl/α,β-unsaturated/α-hetero) is 1. The molecule has 2 amide bonds. The number of nitrogens with zero attached hydrogens (tertiary/aromatic N) is 3. The number of benzodiazepines with no additional fused rings is 1. The Balaban J connectivity index is 1.75. The van der Waals surface area contributed by atoms with Crippen LogP contribution in [0.5, 0.6) is 0 Å². The maximum atomic E-state index is 14.0. The van der Waals surface area contributed by atoms with Crippen molar-refractivity contribution >= 4 is 34.7 Å². The lowest BCUT2D eigenvalue weighted by Crippen LogP contribution is -2.46. The summed E-state index contributed by atoms with van der Waals surface area (Å²) in [6.07, 6.45) is 3.60. The Morgan fingerprint density at radius 3 is 2.59 bits per heavy atom. The molecule has 39 heavy (non-hydrogen) atoms. The summed E-state index contributed by atoms with van der Waals surface area (Å²) in [7, 11) is 0. The van der Waals surface area contributed by atoms with Crippen LogP contribution >= 0.6 is 0 Å². The number of fused-ring (bicyclic) bond motifs is 1. The summed E-state index contributed by atoms with van der Waals surface area (Å²) in [5.74, 6) is -1.26. The first-order chi connectivity index (χ1) is 18.8. The van der Waals surface area contributed by atoms with Crippen molar-refractivity contribution < 1.29 is 19.5 Å². The highest BCUT2D eigenvalue weighted by atomic mass is 16.3. The van der Waals surface area contributed by atoms with E-state index in [9.17, 15) is 19.5 Å². The normalized spacial score (nSPS) is 16.4. The number of nitrogens with one attached hydrogen (secondary N) is 1. The monoisotopic (exact) mass is 524 g/mol. The van der Waals surface area contributed by atoms with E-state index in [0.29, 0.717) is 28.3 Å². The molecule has 3 aromatic rings. The van der Waals surface area contributed by atoms with Gasteiger partial charge in [0, 0.05) is 17.4 Å². The highest BCUT2D eigenvalue weighted by Crippen LogP contribution is 2.30. The van der Waals surface area contributed by atoms with Gasteiger partial charge >= 0.3 is 0 Å². The molecular formula is C31H32N4O4. The summed E-state index contributed by atoms with van der Waals surface area (Å²) >= 11 is 0. The predicted molar refractivity (Wildman–Crippen MR) is 152 cm³/mol. The van der Waals surface area contributed by atoms with Crippen molar-refractivity contribution in [1.82, 2.24) is 4.98 Å². The molecule has 1 aromatic heterocycles. The van der Waals surface area contributed by atoms with E-state index in [-0.39, 0.29) is 24.7 Å². The van der Waals surface area contributed by atoms with Crippen molar-refractivity contribution in [3.05, 3.63) is 102 Å². The zero-order valence-corrected chi connectivity index (χ0v) is 22.1. The molecule has 0 spiro atoms. The van der Waals surface area contributed by atoms with Crippen LogP contribution in [0.15, 0.2) is 90.6 Å². The molecule has 0 radical (unpaired) electrons. The molecular weight excluding hydrogens is 492 g/mol. The van der Waals surface area contributed by atoms with E-state index in [1.807, 2.05) is 43.3 Å². The quantitative estimate of drug-likeness (QED) is 0.390. The van der Waals surface area contributed by atoms with Crippen molar-refractivity contribution in [2.45, 2.75) is 32.7 Å². The number of amides is 2. The van der Waals surface area contributed by atoms with Crippen molar-refractivity contribution in [2.24, 2.45) is 10.4 Å². The number of aliphatic hydroxyl groups excluding tert-OH is 1. The Morgan fingerprint density at radius 1 is 1.13 bits per heavy atom. The number of aromatic nitrogens is 1. The number of rotatable bonds is 10. The SMILES string of the molecule is C=CC(C)(CO)C(=O)CN1C(=O)C(CC(=O)Nc2cccc(CC)c2)N=C(c2ccccn2)c2ccccc21. The van der Waals surface area contributed by atoms with Crippen LogP contribution in [0.3, 0.4) is 0 Å². The van der Waals surface area contributed by atoms with Gasteiger partial charge in [0.15, 0.2) is 5.78 Å². The lowest BCUT2D eigenvalue weighted by Gasteiger charge is -2.29. The van der Waals surface area contributed by atoms with E-state index in [1.54, 1.807) is 43.5 Å². The standard InChI is InChI=1S/C31H32N4O4/c1-4-21-11-10-12-22(17-21)33-28(38)18-25-30(39)35(19-27(37)31(3,5-2)20-36)26-15-7-6-13-23(26)29(34-25)24-14-8-9-16-32-24/h5-17,25,36H,2,4,18-20H2,1,3H3,(H,33,38). The van der Waals surface area contributed by atoms with Gasteiger partial charge in [0.2, 0.25) is 5.91 Å². The first-order valence-electron chi connectivity index (χ1n) is 12.9. The van der Waals surface area contributed by atoms with Gasteiger partial charge in [-0.05, 0) is 49.2 Å². The zero-order chi connectivity index (χ0) is 28.0. The topological polar surface area (TPSA) is 112 Å². The van der Waals surface area contributed by atoms with Crippen molar-refractivity contribution in [3.63, 3.8) is 0 Å². The van der Waals surface area contributed by atoms with Gasteiger partial charge in [0.1, 0.15) is 6.04 Å². The van der Waals surface area contributed by atoms with Crippen LogP contribution < -0.4 is 10.2 Å². The molecule has 4 rings (SSSR count). The Kier molecular flexibility index (Phi) is 8.46. The van der Waals surface area contributed by atoms with Crippen molar-refractivity contribution in [2.75, 3.05) is 23.4 Å². The molecule has 2 aromatic carbocycles. The number of pyridine rings is 1. The number of aryl methyl sites for hydroxylation is 1. The number of para-hydroxylation sites is 1. The lowest BCUT2D eigenvalue weighted by molar-refractivity contribution is -0.128. The van der Waals surface area contributed by atoms with E-state index in [2.05, 4.69) is 16.9 Å². The third-order valence-electron chi connectivity index (χ3n) is 6.91. The number of hydrogen-bond acceptors (Lipinski definition) is 6. The van der Waals surface area contributed by atoms with Crippen LogP contribution in [0.2, 0.25) is 0 Å². The van der Waals surface area contributed by atoms with Crippen LogP contribution in [0.1, 0.15) is 37.1 Å². The highest BCUT2D eigenvalue weighted by Gasteiger charge is 2.38.